The first kappa shape index (κ1) is 24.3. The van der Waals surface area contributed by atoms with E-state index in [0.717, 1.165) is 27.1 Å². The second kappa shape index (κ2) is 11.5. The summed E-state index contributed by atoms with van der Waals surface area (Å²) in [7, 11) is 0. The van der Waals surface area contributed by atoms with Gasteiger partial charge in [0.2, 0.25) is 5.91 Å². The van der Waals surface area contributed by atoms with E-state index in [1.807, 2.05) is 66.8 Å². The number of nitrogens with zero attached hydrogens (tertiary/aromatic N) is 1. The summed E-state index contributed by atoms with van der Waals surface area (Å²) in [5.41, 5.74) is 4.29. The van der Waals surface area contributed by atoms with E-state index >= 15 is 0 Å². The molecule has 1 saturated heterocycles. The molecule has 0 aromatic heterocycles. The highest BCUT2D eigenvalue weighted by Gasteiger charge is 2.32. The maximum absolute atomic E-state index is 12.2. The number of benzene rings is 2. The van der Waals surface area contributed by atoms with Gasteiger partial charge < -0.3 is 9.47 Å². The van der Waals surface area contributed by atoms with Crippen molar-refractivity contribution in [3.63, 3.8) is 0 Å². The average Bonchev–Trinajstić information content (AvgIpc) is 3.14. The lowest BCUT2D eigenvalue weighted by atomic mass is 10.2. The molecule has 1 amide bonds. The number of rotatable bonds is 9. The Morgan fingerprint density at radius 3 is 2.74 bits per heavy atom. The van der Waals surface area contributed by atoms with Gasteiger partial charge in [-0.15, -0.1) is 23.5 Å². The first-order chi connectivity index (χ1) is 14.9. The van der Waals surface area contributed by atoms with Crippen molar-refractivity contribution in [3.05, 3.63) is 57.0 Å². The van der Waals surface area contributed by atoms with Crippen molar-refractivity contribution in [2.75, 3.05) is 18.1 Å². The number of ether oxygens (including phenoxy) is 2. The van der Waals surface area contributed by atoms with Crippen molar-refractivity contribution in [1.82, 2.24) is 5.43 Å². The van der Waals surface area contributed by atoms with Crippen LogP contribution in [0.5, 0.6) is 11.5 Å². The topological polar surface area (TPSA) is 59.9 Å². The summed E-state index contributed by atoms with van der Waals surface area (Å²) in [6.07, 6.45) is 2.03. The summed E-state index contributed by atoms with van der Waals surface area (Å²) in [6, 6.07) is 11.2. The summed E-state index contributed by atoms with van der Waals surface area (Å²) in [5.74, 6) is 3.24. The predicted octanol–water partition coefficient (Wildman–Crippen LogP) is 6.12. The summed E-state index contributed by atoms with van der Waals surface area (Å²) in [5, 5.41) is 4.77. The van der Waals surface area contributed by atoms with Crippen LogP contribution in [0.15, 0.2) is 46.0 Å². The molecule has 9 heteroatoms. The fourth-order valence-corrected chi connectivity index (χ4v) is 6.59. The molecule has 0 aliphatic carbocycles. The molecule has 2 aromatic rings. The molecule has 0 atom stereocenters. The number of carbonyl (C=O) groups excluding carboxylic acids is 1. The number of halogens is 2. The fraction of sp³-hybridized carbons (Fsp3) is 0.364. The zero-order valence-electron chi connectivity index (χ0n) is 17.3. The molecule has 31 heavy (non-hydrogen) atoms. The van der Waals surface area contributed by atoms with E-state index in [-0.39, 0.29) is 9.99 Å². The van der Waals surface area contributed by atoms with Crippen LogP contribution in [0.4, 0.5) is 0 Å². The standard InChI is InChI=1S/C22H24BrClN2O3S2/c1-3-28-19-11-15(13-25-26-20(27)12-22(2)30-8-9-31-22)10-17(23)21(19)29-14-16-6-4-5-7-18(16)24/h4-7,10-11,13H,3,8-9,12,14H2,1-2H3,(H,26,27)/b25-13-. The highest BCUT2D eigenvalue weighted by Crippen LogP contribution is 2.45. The second-order valence-electron chi connectivity index (χ2n) is 6.94. The van der Waals surface area contributed by atoms with Gasteiger partial charge in [0.15, 0.2) is 11.5 Å². The van der Waals surface area contributed by atoms with E-state index < -0.39 is 0 Å². The Balaban J connectivity index is 1.66. The van der Waals surface area contributed by atoms with Crippen LogP contribution in [-0.4, -0.2) is 34.3 Å². The Morgan fingerprint density at radius 2 is 2.03 bits per heavy atom. The number of thioether (sulfide) groups is 2. The number of hydrazone groups is 1. The minimum Gasteiger partial charge on any atom is -0.490 e. The van der Waals surface area contributed by atoms with Gasteiger partial charge in [-0.05, 0) is 53.5 Å². The summed E-state index contributed by atoms with van der Waals surface area (Å²) in [4.78, 5) is 12.2. The van der Waals surface area contributed by atoms with Gasteiger partial charge in [-0.3, -0.25) is 4.79 Å². The number of nitrogens with one attached hydrogen (secondary N) is 1. The number of carbonyl (C=O) groups is 1. The molecule has 0 spiro atoms. The van der Waals surface area contributed by atoms with Gasteiger partial charge in [-0.1, -0.05) is 29.8 Å². The van der Waals surface area contributed by atoms with Gasteiger partial charge in [0.05, 0.1) is 27.8 Å². The van der Waals surface area contributed by atoms with Crippen LogP contribution >= 0.6 is 51.1 Å². The molecule has 0 radical (unpaired) electrons. The van der Waals surface area contributed by atoms with Crippen molar-refractivity contribution in [2.24, 2.45) is 5.10 Å². The minimum atomic E-state index is -0.0931. The maximum atomic E-state index is 12.2. The molecule has 0 bridgehead atoms. The number of amides is 1. The molecule has 3 rings (SSSR count). The molecule has 0 unspecified atom stereocenters. The van der Waals surface area contributed by atoms with E-state index in [2.05, 4.69) is 33.4 Å². The minimum absolute atomic E-state index is 0.0641. The van der Waals surface area contributed by atoms with E-state index in [0.29, 0.717) is 36.2 Å². The molecular formula is C22H24BrClN2O3S2. The lowest BCUT2D eigenvalue weighted by Crippen LogP contribution is -2.26. The average molecular weight is 544 g/mol. The Kier molecular flexibility index (Phi) is 9.01. The second-order valence-corrected chi connectivity index (χ2v) is 11.7. The first-order valence-electron chi connectivity index (χ1n) is 9.82. The lowest BCUT2D eigenvalue weighted by Gasteiger charge is -2.19. The number of hydrogen-bond acceptors (Lipinski definition) is 6. The van der Waals surface area contributed by atoms with Crippen molar-refractivity contribution in [2.45, 2.75) is 31.0 Å². The summed E-state index contributed by atoms with van der Waals surface area (Å²) >= 11 is 13.4. The van der Waals surface area contributed by atoms with E-state index in [1.165, 1.54) is 0 Å². The van der Waals surface area contributed by atoms with Crippen LogP contribution < -0.4 is 14.9 Å². The Labute approximate surface area is 204 Å². The van der Waals surface area contributed by atoms with E-state index in [4.69, 9.17) is 21.1 Å². The van der Waals surface area contributed by atoms with Gasteiger partial charge in [0.1, 0.15) is 6.61 Å². The molecule has 0 saturated carbocycles. The van der Waals surface area contributed by atoms with Crippen LogP contribution in [-0.2, 0) is 11.4 Å². The zero-order valence-corrected chi connectivity index (χ0v) is 21.3. The third-order valence-electron chi connectivity index (χ3n) is 4.44. The van der Waals surface area contributed by atoms with E-state index in [1.54, 1.807) is 6.21 Å². The smallest absolute Gasteiger partial charge is 0.242 e. The van der Waals surface area contributed by atoms with E-state index in [9.17, 15) is 4.79 Å². The van der Waals surface area contributed by atoms with Crippen molar-refractivity contribution in [1.29, 1.82) is 0 Å². The summed E-state index contributed by atoms with van der Waals surface area (Å²) in [6.45, 7) is 4.81. The lowest BCUT2D eigenvalue weighted by molar-refractivity contribution is -0.121. The molecule has 1 aliphatic heterocycles. The predicted molar refractivity (Wildman–Crippen MR) is 135 cm³/mol. The monoisotopic (exact) mass is 542 g/mol. The molecule has 1 fully saturated rings. The van der Waals surface area contributed by atoms with Crippen LogP contribution in [0.2, 0.25) is 5.02 Å². The third-order valence-corrected chi connectivity index (χ3v) is 8.69. The van der Waals surface area contributed by atoms with Gasteiger partial charge in [0.25, 0.3) is 0 Å². The fourth-order valence-electron chi connectivity index (χ4n) is 3.00. The van der Waals surface area contributed by atoms with Crippen molar-refractivity contribution >= 4 is 63.2 Å². The Morgan fingerprint density at radius 1 is 1.29 bits per heavy atom. The molecule has 166 valence electrons. The van der Waals surface area contributed by atoms with Crippen LogP contribution in [0.1, 0.15) is 31.4 Å². The molecule has 2 aromatic carbocycles. The van der Waals surface area contributed by atoms with Gasteiger partial charge >= 0.3 is 0 Å². The SMILES string of the molecule is CCOc1cc(/C=N\NC(=O)CC2(C)SCCS2)cc(Br)c1OCc1ccccc1Cl. The third kappa shape index (κ3) is 7.07. The molecule has 1 heterocycles. The Hall–Kier alpha value is -1.35. The van der Waals surface area contributed by atoms with Crippen LogP contribution in [0.25, 0.3) is 0 Å². The Bertz CT molecular complexity index is 952. The highest BCUT2D eigenvalue weighted by atomic mass is 79.9. The molecule has 1 N–H and O–H groups in total. The molecule has 1 aliphatic rings. The van der Waals surface area contributed by atoms with Crippen LogP contribution in [0.3, 0.4) is 0 Å². The largest absolute Gasteiger partial charge is 0.490 e. The quantitative estimate of drug-likeness (QED) is 0.305. The zero-order chi connectivity index (χ0) is 22.3. The normalized spacial score (nSPS) is 15.2. The van der Waals surface area contributed by atoms with Crippen molar-refractivity contribution in [3.8, 4) is 11.5 Å². The van der Waals surface area contributed by atoms with Crippen LogP contribution in [0, 0.1) is 0 Å². The van der Waals surface area contributed by atoms with Gasteiger partial charge in [-0.2, -0.15) is 5.10 Å². The highest BCUT2D eigenvalue weighted by molar-refractivity contribution is 9.10. The van der Waals surface area contributed by atoms with Gasteiger partial charge in [-0.25, -0.2) is 5.43 Å². The first-order valence-corrected chi connectivity index (χ1v) is 13.0. The van der Waals surface area contributed by atoms with Crippen molar-refractivity contribution < 1.29 is 14.3 Å². The maximum Gasteiger partial charge on any atom is 0.242 e. The van der Waals surface area contributed by atoms with Gasteiger partial charge in [0, 0.05) is 22.1 Å². The number of hydrogen-bond donors (Lipinski definition) is 1. The molecule has 5 nitrogen and oxygen atoms in total. The molecular weight excluding hydrogens is 520 g/mol. The summed E-state index contributed by atoms with van der Waals surface area (Å²) < 4.78 is 12.4.